The maximum atomic E-state index is 7.10. The molecule has 35 heavy (non-hydrogen) atoms. The molecule has 4 nitrogen and oxygen atoms in total. The number of ether oxygens (including phenoxy) is 1. The number of nitrogens with one attached hydrogen (secondary N) is 3. The Kier molecular flexibility index (Phi) is 5.75. The molecule has 7 fully saturated rings. The van der Waals surface area contributed by atoms with Crippen LogP contribution in [0.15, 0.2) is 0 Å². The van der Waals surface area contributed by atoms with E-state index in [2.05, 4.69) is 43.6 Å². The van der Waals surface area contributed by atoms with E-state index in [1.807, 2.05) is 0 Å². The van der Waals surface area contributed by atoms with Gasteiger partial charge in [-0.2, -0.15) is 0 Å². The Morgan fingerprint density at radius 2 is 1.66 bits per heavy atom. The maximum absolute atomic E-state index is 7.10. The van der Waals surface area contributed by atoms with Crippen LogP contribution >= 0.6 is 0 Å². The first-order valence-electron chi connectivity index (χ1n) is 15.7. The second kappa shape index (κ2) is 8.42. The molecule has 0 aromatic carbocycles. The number of hydrogen-bond acceptors (Lipinski definition) is 4. The third-order valence-electron chi connectivity index (χ3n) is 13.7. The van der Waals surface area contributed by atoms with Gasteiger partial charge in [0, 0.05) is 31.1 Å². The lowest BCUT2D eigenvalue weighted by molar-refractivity contribution is -0.134. The molecule has 7 aliphatic rings. The Morgan fingerprint density at radius 3 is 2.43 bits per heavy atom. The minimum absolute atomic E-state index is 0.0173. The summed E-state index contributed by atoms with van der Waals surface area (Å²) in [6, 6.07) is 1.49. The van der Waals surface area contributed by atoms with Crippen LogP contribution in [0, 0.1) is 52.3 Å². The average Bonchev–Trinajstić information content (AvgIpc) is 3.52. The fourth-order valence-corrected chi connectivity index (χ4v) is 11.7. The Bertz CT molecular complexity index is 803. The van der Waals surface area contributed by atoms with E-state index in [0.717, 1.165) is 54.1 Å². The molecule has 3 aliphatic heterocycles. The van der Waals surface area contributed by atoms with E-state index in [-0.39, 0.29) is 5.72 Å². The zero-order valence-corrected chi connectivity index (χ0v) is 23.1. The van der Waals surface area contributed by atoms with Crippen molar-refractivity contribution in [2.45, 2.75) is 122 Å². The lowest BCUT2D eigenvalue weighted by Crippen LogP contribution is -2.58. The summed E-state index contributed by atoms with van der Waals surface area (Å²) in [6.07, 6.45) is 16.0. The fourth-order valence-electron chi connectivity index (χ4n) is 11.7. The highest BCUT2D eigenvalue weighted by Gasteiger charge is 2.68. The summed E-state index contributed by atoms with van der Waals surface area (Å²) >= 11 is 0. The second-order valence-electron chi connectivity index (χ2n) is 15.1. The molecule has 3 saturated heterocycles. The molecule has 0 aromatic heterocycles. The van der Waals surface area contributed by atoms with Crippen LogP contribution in [-0.4, -0.2) is 43.5 Å². The summed E-state index contributed by atoms with van der Waals surface area (Å²) in [4.78, 5) is 0. The summed E-state index contributed by atoms with van der Waals surface area (Å²) < 4.78 is 7.10. The van der Waals surface area contributed by atoms with Crippen LogP contribution in [0.3, 0.4) is 0 Å². The van der Waals surface area contributed by atoms with Gasteiger partial charge in [0.1, 0.15) is 5.72 Å². The summed E-state index contributed by atoms with van der Waals surface area (Å²) in [5, 5.41) is 11.5. The Balaban J connectivity index is 1.07. The van der Waals surface area contributed by atoms with E-state index in [0.29, 0.717) is 22.9 Å². The van der Waals surface area contributed by atoms with Gasteiger partial charge in [0.05, 0.1) is 6.10 Å². The summed E-state index contributed by atoms with van der Waals surface area (Å²) in [6.45, 7) is 13.9. The highest BCUT2D eigenvalue weighted by molar-refractivity contribution is 5.16. The SMILES string of the molecule is C[C@H]1CC[C@]2(NC1)O[C@H]1C[C@H]3[C@@H]4CC[C@H]5CC(N[C@@H]6CCNC6)CC[C@]5(C)[C@H]4CC[C@]3(C)[C@H]1[C@@H]2C. The Hall–Kier alpha value is -0.160. The largest absolute Gasteiger partial charge is 0.357 e. The van der Waals surface area contributed by atoms with Gasteiger partial charge in [-0.15, -0.1) is 0 Å². The first kappa shape index (κ1) is 23.9. The van der Waals surface area contributed by atoms with Gasteiger partial charge in [0.25, 0.3) is 0 Å². The molecule has 1 spiro atoms. The smallest absolute Gasteiger partial charge is 0.122 e. The lowest BCUT2D eigenvalue weighted by Gasteiger charge is -2.61. The second-order valence-corrected chi connectivity index (χ2v) is 15.1. The quantitative estimate of drug-likeness (QED) is 0.497. The van der Waals surface area contributed by atoms with Crippen molar-refractivity contribution >= 4 is 0 Å². The third-order valence-corrected chi connectivity index (χ3v) is 13.7. The third kappa shape index (κ3) is 3.51. The summed E-state index contributed by atoms with van der Waals surface area (Å²) in [7, 11) is 0. The van der Waals surface area contributed by atoms with Crippen molar-refractivity contribution in [1.82, 2.24) is 16.0 Å². The van der Waals surface area contributed by atoms with Crippen molar-refractivity contribution in [1.29, 1.82) is 0 Å². The number of fused-ring (bicyclic) bond motifs is 7. The summed E-state index contributed by atoms with van der Waals surface area (Å²) in [5.74, 6) is 5.98. The first-order chi connectivity index (χ1) is 16.8. The van der Waals surface area contributed by atoms with Gasteiger partial charge in [0.15, 0.2) is 0 Å². The van der Waals surface area contributed by atoms with Gasteiger partial charge in [0.2, 0.25) is 0 Å². The van der Waals surface area contributed by atoms with E-state index in [1.165, 1.54) is 83.7 Å². The van der Waals surface area contributed by atoms with E-state index in [1.54, 1.807) is 0 Å². The van der Waals surface area contributed by atoms with Gasteiger partial charge in [-0.3, -0.25) is 5.32 Å². The number of rotatable bonds is 2. The van der Waals surface area contributed by atoms with Crippen LogP contribution < -0.4 is 16.0 Å². The van der Waals surface area contributed by atoms with Crippen molar-refractivity contribution in [3.8, 4) is 0 Å². The van der Waals surface area contributed by atoms with Crippen molar-refractivity contribution in [3.05, 3.63) is 0 Å². The van der Waals surface area contributed by atoms with Crippen molar-refractivity contribution < 1.29 is 4.74 Å². The van der Waals surface area contributed by atoms with Gasteiger partial charge >= 0.3 is 0 Å². The normalized spacial score (nSPS) is 59.7. The highest BCUT2D eigenvalue weighted by Crippen LogP contribution is 2.71. The zero-order valence-electron chi connectivity index (χ0n) is 23.1. The molecule has 13 atom stereocenters. The topological polar surface area (TPSA) is 45.3 Å². The van der Waals surface area contributed by atoms with Gasteiger partial charge in [-0.1, -0.05) is 27.7 Å². The van der Waals surface area contributed by atoms with E-state index >= 15 is 0 Å². The molecular formula is C31H53N3O. The molecule has 4 heteroatoms. The molecule has 0 radical (unpaired) electrons. The maximum Gasteiger partial charge on any atom is 0.122 e. The predicted octanol–water partition coefficient (Wildman–Crippen LogP) is 5.33. The molecule has 198 valence electrons. The van der Waals surface area contributed by atoms with Gasteiger partial charge < -0.3 is 15.4 Å². The summed E-state index contributed by atoms with van der Waals surface area (Å²) in [5.41, 5.74) is 1.07. The van der Waals surface area contributed by atoms with E-state index < -0.39 is 0 Å². The number of hydrogen-bond donors (Lipinski definition) is 3. The van der Waals surface area contributed by atoms with Crippen LogP contribution in [0.1, 0.15) is 98.3 Å². The molecule has 3 N–H and O–H groups in total. The van der Waals surface area contributed by atoms with Gasteiger partial charge in [-0.25, -0.2) is 0 Å². The van der Waals surface area contributed by atoms with Crippen molar-refractivity contribution in [2.24, 2.45) is 52.3 Å². The lowest BCUT2D eigenvalue weighted by atomic mass is 9.44. The Morgan fingerprint density at radius 1 is 0.800 bits per heavy atom. The molecule has 0 bridgehead atoms. The molecule has 0 aromatic rings. The standard InChI is InChI=1S/C31H53N3O/c1-19-7-13-31(33-17-19)20(2)28-27(35-31)16-26-24-6-5-21-15-22(34-23-10-14-32-18-23)8-11-29(21,3)25(24)9-12-30(26,28)4/h19-28,32-34H,5-18H2,1-4H3/t19-,20-,21-,22?,23+,24+,25-,26-,27-,28-,29-,30-,31-/m0/s1. The van der Waals surface area contributed by atoms with Crippen LogP contribution in [0.4, 0.5) is 0 Å². The molecule has 4 saturated carbocycles. The van der Waals surface area contributed by atoms with Crippen LogP contribution in [0.2, 0.25) is 0 Å². The van der Waals surface area contributed by atoms with Crippen LogP contribution in [0.25, 0.3) is 0 Å². The van der Waals surface area contributed by atoms with Crippen LogP contribution in [0.5, 0.6) is 0 Å². The first-order valence-corrected chi connectivity index (χ1v) is 15.7. The molecule has 7 rings (SSSR count). The molecular weight excluding hydrogens is 430 g/mol. The monoisotopic (exact) mass is 483 g/mol. The molecule has 3 heterocycles. The Labute approximate surface area is 214 Å². The van der Waals surface area contributed by atoms with Crippen molar-refractivity contribution in [3.63, 3.8) is 0 Å². The molecule has 4 aliphatic carbocycles. The van der Waals surface area contributed by atoms with Crippen molar-refractivity contribution in [2.75, 3.05) is 19.6 Å². The van der Waals surface area contributed by atoms with E-state index in [4.69, 9.17) is 4.74 Å². The minimum atomic E-state index is -0.0173. The zero-order chi connectivity index (χ0) is 24.0. The fraction of sp³-hybridized carbons (Fsp3) is 1.00. The highest BCUT2D eigenvalue weighted by atomic mass is 16.5. The number of piperidine rings is 1. The van der Waals surface area contributed by atoms with E-state index in [9.17, 15) is 0 Å². The predicted molar refractivity (Wildman–Crippen MR) is 142 cm³/mol. The minimum Gasteiger partial charge on any atom is -0.357 e. The molecule has 0 amide bonds. The van der Waals surface area contributed by atoms with Crippen LogP contribution in [-0.2, 0) is 4.74 Å². The average molecular weight is 484 g/mol. The van der Waals surface area contributed by atoms with Gasteiger partial charge in [-0.05, 0) is 124 Å². The molecule has 1 unspecified atom stereocenters.